The van der Waals surface area contributed by atoms with Gasteiger partial charge in [-0.15, -0.1) is 0 Å². The summed E-state index contributed by atoms with van der Waals surface area (Å²) in [4.78, 5) is 13.8. The molecule has 0 unspecified atom stereocenters. The highest BCUT2D eigenvalue weighted by Crippen LogP contribution is 2.31. The van der Waals surface area contributed by atoms with E-state index in [4.69, 9.17) is 4.74 Å². The Morgan fingerprint density at radius 3 is 2.94 bits per heavy atom. The molecule has 0 aliphatic carbocycles. The van der Waals surface area contributed by atoms with Crippen LogP contribution in [0.1, 0.15) is 12.8 Å². The van der Waals surface area contributed by atoms with Crippen LogP contribution >= 0.6 is 11.3 Å². The van der Waals surface area contributed by atoms with E-state index in [0.717, 1.165) is 31.6 Å². The summed E-state index contributed by atoms with van der Waals surface area (Å²) in [7, 11) is 0. The lowest BCUT2D eigenvalue weighted by atomic mass is 9.90. The Hall–Kier alpha value is -0.910. The highest BCUT2D eigenvalue weighted by Gasteiger charge is 2.41. The molecule has 0 aromatic carbocycles. The van der Waals surface area contributed by atoms with Crippen LogP contribution < -0.4 is 10.2 Å². The molecule has 4 nitrogen and oxygen atoms in total. The van der Waals surface area contributed by atoms with Gasteiger partial charge in [0, 0.05) is 5.38 Å². The van der Waals surface area contributed by atoms with Gasteiger partial charge in [-0.25, -0.2) is 0 Å². The summed E-state index contributed by atoms with van der Waals surface area (Å²) in [5, 5.41) is 7.37. The lowest BCUT2D eigenvalue weighted by Gasteiger charge is -2.44. The summed E-state index contributed by atoms with van der Waals surface area (Å²) in [5.41, 5.74) is 0.891. The van der Waals surface area contributed by atoms with Crippen molar-refractivity contribution >= 4 is 22.9 Å². The smallest absolute Gasteiger partial charge is 0.253 e. The van der Waals surface area contributed by atoms with Crippen LogP contribution in [-0.2, 0) is 9.53 Å². The van der Waals surface area contributed by atoms with E-state index in [-0.39, 0.29) is 18.1 Å². The van der Waals surface area contributed by atoms with E-state index in [2.05, 4.69) is 5.32 Å². The first-order valence-corrected chi connectivity index (χ1v) is 6.91. The second kappa shape index (κ2) is 4.40. The van der Waals surface area contributed by atoms with Crippen LogP contribution in [0.2, 0.25) is 0 Å². The SMILES string of the molecule is O=C1COC2(CCNCC2)CN1c1ccsc1. The van der Waals surface area contributed by atoms with E-state index in [1.807, 2.05) is 21.7 Å². The van der Waals surface area contributed by atoms with E-state index in [1.54, 1.807) is 11.3 Å². The fraction of sp³-hybridized carbons (Fsp3) is 0.583. The summed E-state index contributed by atoms with van der Waals surface area (Å²) < 4.78 is 5.82. The Morgan fingerprint density at radius 2 is 2.24 bits per heavy atom. The average molecular weight is 252 g/mol. The maximum atomic E-state index is 11.9. The molecule has 0 atom stereocenters. The molecule has 2 saturated heterocycles. The third-order valence-electron chi connectivity index (χ3n) is 3.58. The molecule has 3 heterocycles. The van der Waals surface area contributed by atoms with Crippen molar-refractivity contribution in [3.8, 4) is 0 Å². The number of nitrogens with one attached hydrogen (secondary N) is 1. The number of carbonyl (C=O) groups excluding carboxylic acids is 1. The molecule has 0 bridgehead atoms. The van der Waals surface area contributed by atoms with Gasteiger partial charge in [0.2, 0.25) is 0 Å². The Kier molecular flexibility index (Phi) is 2.90. The Labute approximate surface area is 105 Å². The second-order valence-electron chi connectivity index (χ2n) is 4.68. The van der Waals surface area contributed by atoms with Crippen molar-refractivity contribution in [1.29, 1.82) is 0 Å². The molecular weight excluding hydrogens is 236 g/mol. The number of amides is 1. The highest BCUT2D eigenvalue weighted by atomic mass is 32.1. The van der Waals surface area contributed by atoms with Crippen molar-refractivity contribution in [3.63, 3.8) is 0 Å². The van der Waals surface area contributed by atoms with E-state index >= 15 is 0 Å². The first-order chi connectivity index (χ1) is 8.29. The molecule has 0 saturated carbocycles. The topological polar surface area (TPSA) is 41.6 Å². The molecule has 2 aliphatic rings. The fourth-order valence-corrected chi connectivity index (χ4v) is 3.19. The summed E-state index contributed by atoms with van der Waals surface area (Å²) in [5.74, 6) is 0.0764. The van der Waals surface area contributed by atoms with E-state index in [9.17, 15) is 4.79 Å². The Balaban J connectivity index is 1.81. The van der Waals surface area contributed by atoms with Gasteiger partial charge in [0.15, 0.2) is 0 Å². The Morgan fingerprint density at radius 1 is 1.41 bits per heavy atom. The minimum Gasteiger partial charge on any atom is -0.363 e. The average Bonchev–Trinajstić information content (AvgIpc) is 2.88. The van der Waals surface area contributed by atoms with Gasteiger partial charge in [-0.05, 0) is 37.4 Å². The zero-order valence-corrected chi connectivity index (χ0v) is 10.5. The number of ether oxygens (including phenoxy) is 1. The van der Waals surface area contributed by atoms with Crippen molar-refractivity contribution in [2.24, 2.45) is 0 Å². The molecule has 3 rings (SSSR count). The van der Waals surface area contributed by atoms with Gasteiger partial charge in [0.1, 0.15) is 6.61 Å². The van der Waals surface area contributed by atoms with E-state index < -0.39 is 0 Å². The van der Waals surface area contributed by atoms with Crippen LogP contribution in [-0.4, -0.2) is 37.7 Å². The number of piperidine rings is 1. The quantitative estimate of drug-likeness (QED) is 0.817. The molecule has 1 spiro atoms. The largest absolute Gasteiger partial charge is 0.363 e. The number of morpholine rings is 1. The molecular formula is C12H16N2O2S. The molecule has 0 radical (unpaired) electrons. The summed E-state index contributed by atoms with van der Waals surface area (Å²) in [6.07, 6.45) is 1.97. The number of hydrogen-bond acceptors (Lipinski definition) is 4. The van der Waals surface area contributed by atoms with E-state index in [0.29, 0.717) is 6.54 Å². The third-order valence-corrected chi connectivity index (χ3v) is 4.25. The predicted octanol–water partition coefficient (Wildman–Crippen LogP) is 1.23. The minimum atomic E-state index is -0.124. The van der Waals surface area contributed by atoms with Crippen LogP contribution in [0.3, 0.4) is 0 Å². The molecule has 5 heteroatoms. The number of nitrogens with zero attached hydrogens (tertiary/aromatic N) is 1. The van der Waals surface area contributed by atoms with Crippen molar-refractivity contribution in [3.05, 3.63) is 16.8 Å². The minimum absolute atomic E-state index is 0.0764. The number of rotatable bonds is 1. The summed E-state index contributed by atoms with van der Waals surface area (Å²) in [6.45, 7) is 2.87. The van der Waals surface area contributed by atoms with Crippen molar-refractivity contribution < 1.29 is 9.53 Å². The van der Waals surface area contributed by atoms with Gasteiger partial charge in [-0.2, -0.15) is 11.3 Å². The van der Waals surface area contributed by atoms with Gasteiger partial charge < -0.3 is 15.0 Å². The van der Waals surface area contributed by atoms with E-state index in [1.165, 1.54) is 0 Å². The zero-order chi connectivity index (χ0) is 11.7. The monoisotopic (exact) mass is 252 g/mol. The zero-order valence-electron chi connectivity index (χ0n) is 9.65. The van der Waals surface area contributed by atoms with Crippen molar-refractivity contribution in [2.45, 2.75) is 18.4 Å². The lowest BCUT2D eigenvalue weighted by molar-refractivity contribution is -0.141. The molecule has 17 heavy (non-hydrogen) atoms. The predicted molar refractivity (Wildman–Crippen MR) is 67.5 cm³/mol. The molecule has 1 N–H and O–H groups in total. The molecule has 1 amide bonds. The van der Waals surface area contributed by atoms with Gasteiger partial charge in [-0.3, -0.25) is 4.79 Å². The maximum absolute atomic E-state index is 11.9. The summed E-state index contributed by atoms with van der Waals surface area (Å²) >= 11 is 1.62. The summed E-state index contributed by atoms with van der Waals surface area (Å²) in [6, 6.07) is 2.00. The van der Waals surface area contributed by atoms with Gasteiger partial charge in [0.05, 0.1) is 17.8 Å². The number of thiophene rings is 1. The van der Waals surface area contributed by atoms with Gasteiger partial charge in [0.25, 0.3) is 5.91 Å². The van der Waals surface area contributed by atoms with Crippen LogP contribution in [0.15, 0.2) is 16.8 Å². The molecule has 2 aliphatic heterocycles. The van der Waals surface area contributed by atoms with Crippen LogP contribution in [0.25, 0.3) is 0 Å². The normalized spacial score (nSPS) is 24.2. The first-order valence-electron chi connectivity index (χ1n) is 5.96. The molecule has 1 aromatic rings. The molecule has 1 aromatic heterocycles. The van der Waals surface area contributed by atoms with Gasteiger partial charge in [-0.1, -0.05) is 0 Å². The third kappa shape index (κ3) is 2.10. The standard InChI is InChI=1S/C12H16N2O2S/c15-11-7-16-12(2-4-13-5-3-12)9-14(11)10-1-6-17-8-10/h1,6,8,13H,2-5,7,9H2. The molecule has 92 valence electrons. The maximum Gasteiger partial charge on any atom is 0.253 e. The highest BCUT2D eigenvalue weighted by molar-refractivity contribution is 7.08. The lowest BCUT2D eigenvalue weighted by Crippen LogP contribution is -2.58. The first kappa shape index (κ1) is 11.2. The van der Waals surface area contributed by atoms with Gasteiger partial charge >= 0.3 is 0 Å². The number of hydrogen-bond donors (Lipinski definition) is 1. The fourth-order valence-electron chi connectivity index (χ4n) is 2.55. The number of carbonyl (C=O) groups is 1. The number of anilines is 1. The second-order valence-corrected chi connectivity index (χ2v) is 5.46. The van der Waals surface area contributed by atoms with Crippen molar-refractivity contribution in [2.75, 3.05) is 31.1 Å². The molecule has 2 fully saturated rings. The van der Waals surface area contributed by atoms with Crippen LogP contribution in [0, 0.1) is 0 Å². The Bertz CT molecular complexity index is 399. The van der Waals surface area contributed by atoms with Crippen LogP contribution in [0.5, 0.6) is 0 Å². The van der Waals surface area contributed by atoms with Crippen LogP contribution in [0.4, 0.5) is 5.69 Å². The van der Waals surface area contributed by atoms with Crippen molar-refractivity contribution in [1.82, 2.24) is 5.32 Å².